The maximum absolute atomic E-state index is 12.3. The molecule has 0 atom stereocenters. The lowest BCUT2D eigenvalue weighted by atomic mass is 10.2. The molecule has 0 aliphatic rings. The van der Waals surface area contributed by atoms with Gasteiger partial charge in [0.25, 0.3) is 5.91 Å². The zero-order valence-electron chi connectivity index (χ0n) is 11.7. The van der Waals surface area contributed by atoms with Crippen LogP contribution in [0.5, 0.6) is 0 Å². The number of rotatable bonds is 3. The van der Waals surface area contributed by atoms with Crippen molar-refractivity contribution in [2.24, 2.45) is 0 Å². The number of nitriles is 1. The summed E-state index contributed by atoms with van der Waals surface area (Å²) >= 11 is 1.45. The van der Waals surface area contributed by atoms with E-state index in [1.807, 2.05) is 23.6 Å². The third kappa shape index (κ3) is 3.33. The molecule has 0 aliphatic carbocycles. The van der Waals surface area contributed by atoms with Crippen molar-refractivity contribution in [2.45, 2.75) is 0 Å². The summed E-state index contributed by atoms with van der Waals surface area (Å²) in [5.74, 6) is -0.510. The van der Waals surface area contributed by atoms with Gasteiger partial charge in [-0.25, -0.2) is 4.79 Å². The molecule has 2 aromatic heterocycles. The fourth-order valence-electron chi connectivity index (χ4n) is 2.00. The average molecular weight is 322 g/mol. The van der Waals surface area contributed by atoms with E-state index < -0.39 is 11.6 Å². The van der Waals surface area contributed by atoms with E-state index in [1.54, 1.807) is 24.3 Å². The van der Waals surface area contributed by atoms with Crippen LogP contribution < -0.4 is 11.0 Å². The molecular weight excluding hydrogens is 312 g/mol. The molecule has 0 unspecified atom stereocenters. The molecule has 0 fully saturated rings. The number of carbonyl (C=O) groups is 1. The minimum atomic E-state index is -0.591. The Balaban J connectivity index is 1.90. The minimum absolute atomic E-state index is 0.0134. The Morgan fingerprint density at radius 2 is 2.13 bits per heavy atom. The van der Waals surface area contributed by atoms with Crippen LogP contribution >= 0.6 is 11.3 Å². The third-order valence-electron chi connectivity index (χ3n) is 3.01. The fraction of sp³-hybridized carbons (Fsp3) is 0. The van der Waals surface area contributed by atoms with Gasteiger partial charge in [-0.15, -0.1) is 11.3 Å². The van der Waals surface area contributed by atoms with E-state index >= 15 is 0 Å². The molecule has 0 radical (unpaired) electrons. The third-order valence-corrected chi connectivity index (χ3v) is 3.92. The Kier molecular flexibility index (Phi) is 3.99. The number of H-pyrrole nitrogens is 1. The number of aromatic amines is 1. The highest BCUT2D eigenvalue weighted by molar-refractivity contribution is 7.13. The molecule has 0 spiro atoms. The summed E-state index contributed by atoms with van der Waals surface area (Å²) < 4.78 is 0. The summed E-state index contributed by atoms with van der Waals surface area (Å²) in [4.78, 5) is 31.1. The number of hydrogen-bond donors (Lipinski definition) is 2. The molecule has 0 saturated carbocycles. The van der Waals surface area contributed by atoms with Crippen LogP contribution in [-0.2, 0) is 0 Å². The van der Waals surface area contributed by atoms with Gasteiger partial charge in [-0.05, 0) is 35.7 Å². The van der Waals surface area contributed by atoms with E-state index in [4.69, 9.17) is 5.26 Å². The van der Waals surface area contributed by atoms with E-state index in [9.17, 15) is 9.59 Å². The summed E-state index contributed by atoms with van der Waals surface area (Å²) in [6, 6.07) is 13.7. The minimum Gasteiger partial charge on any atom is -0.321 e. The second-order valence-corrected chi connectivity index (χ2v) is 5.56. The number of thiophene rings is 1. The second kappa shape index (κ2) is 6.25. The van der Waals surface area contributed by atoms with Crippen molar-refractivity contribution in [3.63, 3.8) is 0 Å². The molecule has 0 aliphatic heterocycles. The lowest BCUT2D eigenvalue weighted by molar-refractivity contribution is 0.102. The van der Waals surface area contributed by atoms with Crippen LogP contribution in [0.25, 0.3) is 10.6 Å². The van der Waals surface area contributed by atoms with Gasteiger partial charge in [0.05, 0.1) is 22.2 Å². The van der Waals surface area contributed by atoms with Crippen molar-refractivity contribution >= 4 is 22.9 Å². The predicted octanol–water partition coefficient (Wildman–Crippen LogP) is 2.62. The van der Waals surface area contributed by atoms with Crippen LogP contribution in [0.4, 0.5) is 5.69 Å². The van der Waals surface area contributed by atoms with E-state index in [-0.39, 0.29) is 5.69 Å². The zero-order chi connectivity index (χ0) is 16.2. The Morgan fingerprint density at radius 3 is 2.87 bits per heavy atom. The van der Waals surface area contributed by atoms with Crippen LogP contribution in [0.1, 0.15) is 16.1 Å². The summed E-state index contributed by atoms with van der Waals surface area (Å²) in [6.45, 7) is 0. The molecule has 23 heavy (non-hydrogen) atoms. The topological polar surface area (TPSA) is 98.6 Å². The van der Waals surface area contributed by atoms with Gasteiger partial charge in [-0.2, -0.15) is 10.2 Å². The average Bonchev–Trinajstić information content (AvgIpc) is 3.09. The van der Waals surface area contributed by atoms with Crippen LogP contribution in [0.2, 0.25) is 0 Å². The maximum atomic E-state index is 12.3. The van der Waals surface area contributed by atoms with Gasteiger partial charge in [0.1, 0.15) is 5.69 Å². The predicted molar refractivity (Wildman–Crippen MR) is 87.3 cm³/mol. The van der Waals surface area contributed by atoms with Crippen molar-refractivity contribution in [1.29, 1.82) is 5.26 Å². The van der Waals surface area contributed by atoms with Gasteiger partial charge in [0, 0.05) is 5.69 Å². The molecule has 0 saturated heterocycles. The van der Waals surface area contributed by atoms with E-state index in [0.717, 1.165) is 4.88 Å². The van der Waals surface area contributed by atoms with E-state index in [1.165, 1.54) is 17.4 Å². The Labute approximate surface area is 135 Å². The number of amides is 1. The van der Waals surface area contributed by atoms with Crippen LogP contribution in [0, 0.1) is 11.3 Å². The second-order valence-electron chi connectivity index (χ2n) is 4.61. The van der Waals surface area contributed by atoms with Crippen LogP contribution in [0.15, 0.2) is 52.6 Å². The number of aromatic nitrogens is 2. The van der Waals surface area contributed by atoms with Crippen molar-refractivity contribution in [3.8, 4) is 16.6 Å². The van der Waals surface area contributed by atoms with E-state index in [0.29, 0.717) is 16.9 Å². The SMILES string of the molecule is N#Cc1cccc(NC(=O)c2cc(-c3cccs3)[nH]c(=O)n2)c1. The number of nitrogens with zero attached hydrogens (tertiary/aromatic N) is 2. The number of benzene rings is 1. The van der Waals surface area contributed by atoms with Gasteiger partial charge in [0.2, 0.25) is 0 Å². The molecule has 1 aromatic carbocycles. The molecule has 1 amide bonds. The molecule has 2 N–H and O–H groups in total. The first kappa shape index (κ1) is 14.7. The normalized spacial score (nSPS) is 10.0. The summed E-state index contributed by atoms with van der Waals surface area (Å²) in [5.41, 5.74) is 0.858. The van der Waals surface area contributed by atoms with Gasteiger partial charge in [-0.1, -0.05) is 12.1 Å². The Bertz CT molecular complexity index is 955. The van der Waals surface area contributed by atoms with Gasteiger partial charge >= 0.3 is 5.69 Å². The first-order chi connectivity index (χ1) is 11.2. The number of anilines is 1. The van der Waals surface area contributed by atoms with Gasteiger partial charge < -0.3 is 10.3 Å². The molecule has 6 nitrogen and oxygen atoms in total. The highest BCUT2D eigenvalue weighted by Crippen LogP contribution is 2.22. The van der Waals surface area contributed by atoms with Crippen molar-refractivity contribution < 1.29 is 4.79 Å². The summed E-state index contributed by atoms with van der Waals surface area (Å²) in [5, 5.41) is 13.4. The van der Waals surface area contributed by atoms with Crippen LogP contribution in [-0.4, -0.2) is 15.9 Å². The van der Waals surface area contributed by atoms with Crippen molar-refractivity contribution in [3.05, 3.63) is 69.6 Å². The fourth-order valence-corrected chi connectivity index (χ4v) is 2.70. The number of nitrogens with one attached hydrogen (secondary N) is 2. The zero-order valence-corrected chi connectivity index (χ0v) is 12.6. The van der Waals surface area contributed by atoms with Gasteiger partial charge in [-0.3, -0.25) is 4.79 Å². The number of carbonyl (C=O) groups excluding carboxylic acids is 1. The molecule has 0 bridgehead atoms. The quantitative estimate of drug-likeness (QED) is 0.774. The lowest BCUT2D eigenvalue weighted by Crippen LogP contribution is -2.21. The lowest BCUT2D eigenvalue weighted by Gasteiger charge is -2.05. The van der Waals surface area contributed by atoms with Crippen LogP contribution in [0.3, 0.4) is 0 Å². The molecule has 3 aromatic rings. The molecular formula is C16H10N4O2S. The summed E-state index contributed by atoms with van der Waals surface area (Å²) in [6.07, 6.45) is 0. The Morgan fingerprint density at radius 1 is 1.26 bits per heavy atom. The summed E-state index contributed by atoms with van der Waals surface area (Å²) in [7, 11) is 0. The monoisotopic (exact) mass is 322 g/mol. The molecule has 3 rings (SSSR count). The van der Waals surface area contributed by atoms with Crippen molar-refractivity contribution in [2.75, 3.05) is 5.32 Å². The highest BCUT2D eigenvalue weighted by atomic mass is 32.1. The maximum Gasteiger partial charge on any atom is 0.346 e. The Hall–Kier alpha value is -3.24. The first-order valence-electron chi connectivity index (χ1n) is 6.62. The van der Waals surface area contributed by atoms with Gasteiger partial charge in [0.15, 0.2) is 0 Å². The smallest absolute Gasteiger partial charge is 0.321 e. The molecule has 2 heterocycles. The van der Waals surface area contributed by atoms with E-state index in [2.05, 4.69) is 15.3 Å². The highest BCUT2D eigenvalue weighted by Gasteiger charge is 2.12. The van der Waals surface area contributed by atoms with Crippen molar-refractivity contribution in [1.82, 2.24) is 9.97 Å². The standard InChI is InChI=1S/C16H10N4O2S/c17-9-10-3-1-4-11(7-10)18-15(21)13-8-12(19-16(22)20-13)14-5-2-6-23-14/h1-8H,(H,18,21)(H,19,20,22). The number of hydrogen-bond acceptors (Lipinski definition) is 5. The molecule has 7 heteroatoms. The molecule has 112 valence electrons. The largest absolute Gasteiger partial charge is 0.346 e. The first-order valence-corrected chi connectivity index (χ1v) is 7.50.